The van der Waals surface area contributed by atoms with Gasteiger partial charge < -0.3 is 9.84 Å². The molecule has 4 nitrogen and oxygen atoms in total. The normalized spacial score (nSPS) is 12.5. The number of aromatic nitrogens is 2. The summed E-state index contributed by atoms with van der Waals surface area (Å²) < 4.78 is 10.7. The smallest absolute Gasteiger partial charge is 0.244 e. The summed E-state index contributed by atoms with van der Waals surface area (Å²) in [7, 11) is 2.00. The molecule has 0 spiro atoms. The van der Waals surface area contributed by atoms with Gasteiger partial charge >= 0.3 is 0 Å². The van der Waals surface area contributed by atoms with E-state index in [0.717, 1.165) is 21.3 Å². The Balaban J connectivity index is 1.65. The molecule has 0 aliphatic rings. The second kappa shape index (κ2) is 6.50. The number of nitrogens with zero attached hydrogens (tertiary/aromatic N) is 2. The van der Waals surface area contributed by atoms with E-state index < -0.39 is 6.10 Å². The van der Waals surface area contributed by atoms with Crippen LogP contribution in [0.4, 0.5) is 0 Å². The molecule has 0 amide bonds. The molecule has 1 unspecified atom stereocenters. The number of imidazole rings is 1. The van der Waals surface area contributed by atoms with Crippen molar-refractivity contribution in [1.29, 1.82) is 0 Å². The SMILES string of the molecule is C[n+]1cn(CC(O)COc2ccc(Br)cc2)c2ccccc21. The van der Waals surface area contributed by atoms with Gasteiger partial charge in [-0.05, 0) is 36.4 Å². The standard InChI is InChI=1S/C17H18BrN2O2/c1-19-12-20(17-5-3-2-4-16(17)19)10-14(21)11-22-15-8-6-13(18)7-9-15/h2-9,12,14,21H,10-11H2,1H3/q+1. The van der Waals surface area contributed by atoms with Crippen molar-refractivity contribution in [3.05, 3.63) is 59.3 Å². The maximum atomic E-state index is 10.2. The van der Waals surface area contributed by atoms with Crippen molar-refractivity contribution in [2.75, 3.05) is 6.61 Å². The van der Waals surface area contributed by atoms with E-state index in [0.29, 0.717) is 6.54 Å². The quantitative estimate of drug-likeness (QED) is 0.709. The van der Waals surface area contributed by atoms with Gasteiger partial charge in [-0.15, -0.1) is 0 Å². The molecular formula is C17H18BrN2O2+. The molecule has 1 aromatic heterocycles. The molecule has 0 bridgehead atoms. The Labute approximate surface area is 137 Å². The van der Waals surface area contributed by atoms with Crippen molar-refractivity contribution in [2.24, 2.45) is 7.05 Å². The number of halogens is 1. The Bertz CT molecular complexity index is 768. The predicted octanol–water partition coefficient (Wildman–Crippen LogP) is 2.67. The molecule has 0 radical (unpaired) electrons. The van der Waals surface area contributed by atoms with Crippen LogP contribution in [0.1, 0.15) is 0 Å². The number of hydrogen-bond acceptors (Lipinski definition) is 2. The Morgan fingerprint density at radius 1 is 1.18 bits per heavy atom. The van der Waals surface area contributed by atoms with Crippen LogP contribution in [0.2, 0.25) is 0 Å². The second-order valence-electron chi connectivity index (χ2n) is 5.29. The van der Waals surface area contributed by atoms with Crippen molar-refractivity contribution in [2.45, 2.75) is 12.6 Å². The third-order valence-electron chi connectivity index (χ3n) is 3.55. The minimum atomic E-state index is -0.570. The molecule has 1 heterocycles. The maximum absolute atomic E-state index is 10.2. The molecule has 2 aromatic carbocycles. The van der Waals surface area contributed by atoms with Crippen LogP contribution in [-0.2, 0) is 13.6 Å². The van der Waals surface area contributed by atoms with Gasteiger partial charge in [0, 0.05) is 4.47 Å². The number of aliphatic hydroxyl groups is 1. The second-order valence-corrected chi connectivity index (χ2v) is 6.20. The molecule has 22 heavy (non-hydrogen) atoms. The number of para-hydroxylation sites is 2. The lowest BCUT2D eigenvalue weighted by Gasteiger charge is -2.11. The molecule has 0 aliphatic heterocycles. The van der Waals surface area contributed by atoms with E-state index in [-0.39, 0.29) is 6.61 Å². The zero-order valence-electron chi connectivity index (χ0n) is 12.3. The van der Waals surface area contributed by atoms with Crippen LogP contribution in [0, 0.1) is 0 Å². The van der Waals surface area contributed by atoms with Crippen molar-refractivity contribution < 1.29 is 14.4 Å². The lowest BCUT2D eigenvalue weighted by Crippen LogP contribution is -2.27. The lowest BCUT2D eigenvalue weighted by molar-refractivity contribution is -0.645. The lowest BCUT2D eigenvalue weighted by atomic mass is 10.3. The predicted molar refractivity (Wildman–Crippen MR) is 88.8 cm³/mol. The monoisotopic (exact) mass is 361 g/mol. The Morgan fingerprint density at radius 2 is 1.91 bits per heavy atom. The molecule has 3 rings (SSSR count). The van der Waals surface area contributed by atoms with E-state index in [1.807, 2.05) is 54.3 Å². The van der Waals surface area contributed by atoms with Crippen molar-refractivity contribution in [1.82, 2.24) is 4.57 Å². The van der Waals surface area contributed by atoms with Crippen LogP contribution in [0.15, 0.2) is 59.3 Å². The van der Waals surface area contributed by atoms with Crippen LogP contribution < -0.4 is 9.30 Å². The Morgan fingerprint density at radius 3 is 2.68 bits per heavy atom. The fourth-order valence-corrected chi connectivity index (χ4v) is 2.75. The number of hydrogen-bond donors (Lipinski definition) is 1. The number of ether oxygens (including phenoxy) is 1. The summed E-state index contributed by atoms with van der Waals surface area (Å²) in [6.45, 7) is 0.760. The number of aryl methyl sites for hydroxylation is 1. The van der Waals surface area contributed by atoms with Crippen LogP contribution in [-0.4, -0.2) is 22.4 Å². The van der Waals surface area contributed by atoms with E-state index in [9.17, 15) is 5.11 Å². The van der Waals surface area contributed by atoms with Crippen molar-refractivity contribution in [3.63, 3.8) is 0 Å². The maximum Gasteiger partial charge on any atom is 0.244 e. The summed E-state index contributed by atoms with van der Waals surface area (Å²) in [5.74, 6) is 0.755. The summed E-state index contributed by atoms with van der Waals surface area (Å²) in [6.07, 6.45) is 1.42. The molecule has 0 saturated heterocycles. The average molecular weight is 362 g/mol. The van der Waals surface area contributed by atoms with Crippen LogP contribution in [0.25, 0.3) is 11.0 Å². The molecule has 0 saturated carbocycles. The van der Waals surface area contributed by atoms with E-state index in [1.165, 1.54) is 0 Å². The topological polar surface area (TPSA) is 38.3 Å². The van der Waals surface area contributed by atoms with Gasteiger partial charge in [-0.3, -0.25) is 0 Å². The number of fused-ring (bicyclic) bond motifs is 1. The average Bonchev–Trinajstić information content (AvgIpc) is 2.83. The van der Waals surface area contributed by atoms with E-state index in [4.69, 9.17) is 4.74 Å². The highest BCUT2D eigenvalue weighted by atomic mass is 79.9. The zero-order valence-corrected chi connectivity index (χ0v) is 13.9. The Kier molecular flexibility index (Phi) is 4.45. The van der Waals surface area contributed by atoms with E-state index in [1.54, 1.807) is 0 Å². The van der Waals surface area contributed by atoms with Gasteiger partial charge in [0.15, 0.2) is 11.0 Å². The summed E-state index contributed by atoms with van der Waals surface area (Å²) in [6, 6.07) is 15.7. The first-order valence-electron chi connectivity index (χ1n) is 7.13. The minimum Gasteiger partial charge on any atom is -0.491 e. The molecule has 0 aliphatic carbocycles. The molecule has 1 N–H and O–H groups in total. The largest absolute Gasteiger partial charge is 0.491 e. The number of rotatable bonds is 5. The highest BCUT2D eigenvalue weighted by Gasteiger charge is 2.16. The highest BCUT2D eigenvalue weighted by Crippen LogP contribution is 2.16. The first-order valence-corrected chi connectivity index (χ1v) is 7.93. The van der Waals surface area contributed by atoms with Gasteiger partial charge in [0.1, 0.15) is 25.0 Å². The van der Waals surface area contributed by atoms with Gasteiger partial charge in [-0.1, -0.05) is 28.1 Å². The fourth-order valence-electron chi connectivity index (χ4n) is 2.49. The fraction of sp³-hybridized carbons (Fsp3) is 0.235. The summed E-state index contributed by atoms with van der Waals surface area (Å²) in [5.41, 5.74) is 2.25. The van der Waals surface area contributed by atoms with Gasteiger partial charge in [0.05, 0.1) is 7.05 Å². The molecular weight excluding hydrogens is 344 g/mol. The molecule has 0 fully saturated rings. The van der Waals surface area contributed by atoms with Gasteiger partial charge in [0.25, 0.3) is 0 Å². The summed E-state index contributed by atoms with van der Waals surface area (Å²) in [4.78, 5) is 0. The molecule has 1 atom stereocenters. The molecule has 3 aromatic rings. The van der Waals surface area contributed by atoms with E-state index >= 15 is 0 Å². The Hall–Kier alpha value is -1.85. The van der Waals surface area contributed by atoms with Crippen LogP contribution >= 0.6 is 15.9 Å². The first-order chi connectivity index (χ1) is 10.6. The first kappa shape index (κ1) is 15.1. The highest BCUT2D eigenvalue weighted by molar-refractivity contribution is 9.10. The zero-order chi connectivity index (χ0) is 15.5. The van der Waals surface area contributed by atoms with Crippen molar-refractivity contribution in [3.8, 4) is 5.75 Å². The van der Waals surface area contributed by atoms with Crippen LogP contribution in [0.5, 0.6) is 5.75 Å². The van der Waals surface area contributed by atoms with Crippen molar-refractivity contribution >= 4 is 27.0 Å². The number of benzene rings is 2. The number of aliphatic hydroxyl groups excluding tert-OH is 1. The summed E-state index contributed by atoms with van der Waals surface area (Å²) in [5, 5.41) is 10.2. The minimum absolute atomic E-state index is 0.262. The van der Waals surface area contributed by atoms with Gasteiger partial charge in [-0.2, -0.15) is 0 Å². The van der Waals surface area contributed by atoms with Gasteiger partial charge in [-0.25, -0.2) is 9.13 Å². The van der Waals surface area contributed by atoms with Gasteiger partial charge in [0.2, 0.25) is 6.33 Å². The summed E-state index contributed by atoms with van der Waals surface area (Å²) >= 11 is 3.38. The third-order valence-corrected chi connectivity index (χ3v) is 4.08. The third kappa shape index (κ3) is 3.31. The molecule has 5 heteroatoms. The van der Waals surface area contributed by atoms with Crippen LogP contribution in [0.3, 0.4) is 0 Å². The molecule has 114 valence electrons. The van der Waals surface area contributed by atoms with E-state index in [2.05, 4.69) is 32.6 Å².